The smallest absolute Gasteiger partial charge is 0.317 e. The molecule has 2 unspecified atom stereocenters. The number of allylic oxidation sites excluding steroid dienone is 4. The Morgan fingerprint density at radius 3 is 2.55 bits per heavy atom. The minimum Gasteiger partial charge on any atom is -0.457 e. The molecular weight excluding hydrogens is 252 g/mol. The lowest BCUT2D eigenvalue weighted by molar-refractivity contribution is -0.141. The van der Waals surface area contributed by atoms with Crippen LogP contribution in [-0.2, 0) is 14.3 Å². The number of Topliss-reactive ketones (excluding diaryl/α,β-unsaturated/α-hetero) is 1. The second-order valence-electron chi connectivity index (χ2n) is 5.85. The van der Waals surface area contributed by atoms with Crippen molar-refractivity contribution in [1.29, 1.82) is 0 Å². The van der Waals surface area contributed by atoms with E-state index in [4.69, 9.17) is 4.74 Å². The Morgan fingerprint density at radius 2 is 1.95 bits per heavy atom. The number of cyclic esters (lactones) is 1. The second kappa shape index (κ2) is 6.38. The zero-order valence-electron chi connectivity index (χ0n) is 12.4. The van der Waals surface area contributed by atoms with Crippen molar-refractivity contribution in [1.82, 2.24) is 0 Å². The Hall–Kier alpha value is -1.38. The predicted octanol–water partition coefficient (Wildman–Crippen LogP) is 3.45. The molecule has 1 heterocycles. The van der Waals surface area contributed by atoms with Crippen LogP contribution in [0, 0.1) is 17.3 Å². The highest BCUT2D eigenvalue weighted by molar-refractivity contribution is 6.04. The number of esters is 1. The lowest BCUT2D eigenvalue weighted by atomic mass is 9.67. The molecule has 1 saturated heterocycles. The van der Waals surface area contributed by atoms with Gasteiger partial charge in [-0.25, -0.2) is 0 Å². The van der Waals surface area contributed by atoms with Crippen LogP contribution in [0.4, 0.5) is 0 Å². The lowest BCUT2D eigenvalue weighted by Crippen LogP contribution is -2.28. The topological polar surface area (TPSA) is 43.4 Å². The third-order valence-corrected chi connectivity index (χ3v) is 4.98. The van der Waals surface area contributed by atoms with Crippen LogP contribution in [0.25, 0.3) is 0 Å². The molecule has 2 rings (SSSR count). The Labute approximate surface area is 121 Å². The van der Waals surface area contributed by atoms with Gasteiger partial charge in [-0.2, -0.15) is 0 Å². The number of hydrogen-bond donors (Lipinski definition) is 0. The first-order valence-electron chi connectivity index (χ1n) is 7.68. The van der Waals surface area contributed by atoms with Crippen molar-refractivity contribution in [2.75, 3.05) is 6.61 Å². The van der Waals surface area contributed by atoms with Gasteiger partial charge in [0.25, 0.3) is 0 Å². The number of ether oxygens (including phenoxy) is 1. The monoisotopic (exact) mass is 276 g/mol. The minimum absolute atomic E-state index is 0.0244. The van der Waals surface area contributed by atoms with Crippen molar-refractivity contribution in [3.63, 3.8) is 0 Å². The van der Waals surface area contributed by atoms with Crippen LogP contribution < -0.4 is 0 Å². The van der Waals surface area contributed by atoms with Crippen LogP contribution in [-0.4, -0.2) is 18.4 Å². The molecule has 0 amide bonds. The average Bonchev–Trinajstić information content (AvgIpc) is 2.79. The molecule has 0 radical (unpaired) electrons. The Balaban J connectivity index is 1.90. The van der Waals surface area contributed by atoms with Crippen LogP contribution >= 0.6 is 0 Å². The molecule has 0 aromatic rings. The molecule has 3 heteroatoms. The molecule has 110 valence electrons. The molecule has 0 spiro atoms. The van der Waals surface area contributed by atoms with E-state index in [2.05, 4.69) is 38.2 Å². The van der Waals surface area contributed by atoms with Gasteiger partial charge in [0.15, 0.2) is 12.4 Å². The van der Waals surface area contributed by atoms with Gasteiger partial charge in [-0.05, 0) is 37.0 Å². The van der Waals surface area contributed by atoms with E-state index < -0.39 is 5.92 Å². The summed E-state index contributed by atoms with van der Waals surface area (Å²) in [5, 5.41) is 0. The molecule has 0 aromatic heterocycles. The standard InChI is InChI=1S/C17H24O3/c1-3-17(4-2)11-6-5-8-13(17)9-7-10-14-15(18)12-20-16(14)19/h5-6,8,11,13-14H,3-4,7,9-10,12H2,1-2H3. The summed E-state index contributed by atoms with van der Waals surface area (Å²) in [5.41, 5.74) is 0.245. The largest absolute Gasteiger partial charge is 0.457 e. The summed E-state index contributed by atoms with van der Waals surface area (Å²) in [5.74, 6) is -0.372. The van der Waals surface area contributed by atoms with Gasteiger partial charge in [-0.15, -0.1) is 0 Å². The van der Waals surface area contributed by atoms with Gasteiger partial charge in [-0.3, -0.25) is 9.59 Å². The zero-order chi connectivity index (χ0) is 14.6. The predicted molar refractivity (Wildman–Crippen MR) is 78.1 cm³/mol. The van der Waals surface area contributed by atoms with Gasteiger partial charge in [0.05, 0.1) is 0 Å². The summed E-state index contributed by atoms with van der Waals surface area (Å²) in [6.07, 6.45) is 13.7. The first-order chi connectivity index (χ1) is 9.63. The van der Waals surface area contributed by atoms with Crippen molar-refractivity contribution in [2.24, 2.45) is 17.3 Å². The van der Waals surface area contributed by atoms with Crippen molar-refractivity contribution in [3.05, 3.63) is 24.3 Å². The summed E-state index contributed by atoms with van der Waals surface area (Å²) in [7, 11) is 0. The van der Waals surface area contributed by atoms with Gasteiger partial charge in [0, 0.05) is 0 Å². The summed E-state index contributed by atoms with van der Waals surface area (Å²) in [6.45, 7) is 4.44. The van der Waals surface area contributed by atoms with E-state index in [-0.39, 0.29) is 23.8 Å². The Bertz CT molecular complexity index is 414. The van der Waals surface area contributed by atoms with E-state index in [1.165, 1.54) is 0 Å². The molecule has 1 aliphatic carbocycles. The van der Waals surface area contributed by atoms with Gasteiger partial charge in [0.2, 0.25) is 0 Å². The van der Waals surface area contributed by atoms with Crippen molar-refractivity contribution >= 4 is 11.8 Å². The normalized spacial score (nSPS) is 27.9. The van der Waals surface area contributed by atoms with Gasteiger partial charge in [-0.1, -0.05) is 44.6 Å². The molecular formula is C17H24O3. The van der Waals surface area contributed by atoms with E-state index in [1.54, 1.807) is 0 Å². The number of ketones is 1. The quantitative estimate of drug-likeness (QED) is 0.551. The highest BCUT2D eigenvalue weighted by Crippen LogP contribution is 2.42. The van der Waals surface area contributed by atoms with Crippen LogP contribution in [0.5, 0.6) is 0 Å². The molecule has 2 aliphatic rings. The van der Waals surface area contributed by atoms with Crippen LogP contribution in [0.15, 0.2) is 24.3 Å². The molecule has 0 aromatic carbocycles. The van der Waals surface area contributed by atoms with Crippen LogP contribution in [0.3, 0.4) is 0 Å². The molecule has 3 nitrogen and oxygen atoms in total. The third-order valence-electron chi connectivity index (χ3n) is 4.98. The highest BCUT2D eigenvalue weighted by atomic mass is 16.5. The number of hydrogen-bond acceptors (Lipinski definition) is 3. The summed E-state index contributed by atoms with van der Waals surface area (Å²) >= 11 is 0. The minimum atomic E-state index is -0.504. The van der Waals surface area contributed by atoms with Crippen LogP contribution in [0.2, 0.25) is 0 Å². The Morgan fingerprint density at radius 1 is 1.20 bits per heavy atom. The summed E-state index contributed by atoms with van der Waals surface area (Å²) < 4.78 is 4.79. The number of carbonyl (C=O) groups excluding carboxylic acids is 2. The highest BCUT2D eigenvalue weighted by Gasteiger charge is 2.36. The fourth-order valence-corrected chi connectivity index (χ4v) is 3.45. The Kier molecular flexibility index (Phi) is 4.79. The zero-order valence-corrected chi connectivity index (χ0v) is 12.4. The van der Waals surface area contributed by atoms with Crippen molar-refractivity contribution in [2.45, 2.75) is 46.0 Å². The van der Waals surface area contributed by atoms with Gasteiger partial charge in [0.1, 0.15) is 5.92 Å². The maximum Gasteiger partial charge on any atom is 0.317 e. The SMILES string of the molecule is CCC1(CC)C=CC=CC1CCCC1C(=O)COC1=O. The maximum absolute atomic E-state index is 11.5. The number of carbonyl (C=O) groups is 2. The molecule has 2 atom stereocenters. The molecule has 1 fully saturated rings. The molecule has 0 N–H and O–H groups in total. The average molecular weight is 276 g/mol. The molecule has 0 saturated carbocycles. The van der Waals surface area contributed by atoms with Gasteiger partial charge >= 0.3 is 5.97 Å². The molecule has 0 bridgehead atoms. The molecule has 20 heavy (non-hydrogen) atoms. The van der Waals surface area contributed by atoms with E-state index in [0.717, 1.165) is 25.7 Å². The summed E-state index contributed by atoms with van der Waals surface area (Å²) in [6, 6.07) is 0. The van der Waals surface area contributed by atoms with Crippen molar-refractivity contribution in [3.8, 4) is 0 Å². The fourth-order valence-electron chi connectivity index (χ4n) is 3.45. The molecule has 1 aliphatic heterocycles. The van der Waals surface area contributed by atoms with E-state index >= 15 is 0 Å². The van der Waals surface area contributed by atoms with Crippen molar-refractivity contribution < 1.29 is 14.3 Å². The van der Waals surface area contributed by atoms with Crippen LogP contribution in [0.1, 0.15) is 46.0 Å². The lowest BCUT2D eigenvalue weighted by Gasteiger charge is -2.37. The van der Waals surface area contributed by atoms with E-state index in [9.17, 15) is 9.59 Å². The van der Waals surface area contributed by atoms with E-state index in [1.807, 2.05) is 0 Å². The first kappa shape index (κ1) is 15.0. The summed E-state index contributed by atoms with van der Waals surface area (Å²) in [4.78, 5) is 23.0. The fraction of sp³-hybridized carbons (Fsp3) is 0.647. The van der Waals surface area contributed by atoms with E-state index in [0.29, 0.717) is 12.3 Å². The first-order valence-corrected chi connectivity index (χ1v) is 7.68. The second-order valence-corrected chi connectivity index (χ2v) is 5.85. The maximum atomic E-state index is 11.5. The number of rotatable bonds is 6. The third kappa shape index (κ3) is 2.87. The van der Waals surface area contributed by atoms with Gasteiger partial charge < -0.3 is 4.74 Å².